The van der Waals surface area contributed by atoms with Gasteiger partial charge >= 0.3 is 0 Å². The zero-order chi connectivity index (χ0) is 13.8. The van der Waals surface area contributed by atoms with Crippen LogP contribution in [0.25, 0.3) is 0 Å². The molecule has 0 fully saturated rings. The van der Waals surface area contributed by atoms with E-state index in [0.717, 1.165) is 6.54 Å². The van der Waals surface area contributed by atoms with Crippen molar-refractivity contribution in [2.75, 3.05) is 5.73 Å². The number of aromatic nitrogens is 5. The maximum atomic E-state index is 12.1. The maximum Gasteiger partial charge on any atom is 0.272 e. The zero-order valence-corrected chi connectivity index (χ0v) is 11.0. The molecule has 2 aromatic heterocycles. The molecule has 2 rings (SSSR count). The second-order valence-electron chi connectivity index (χ2n) is 3.98. The van der Waals surface area contributed by atoms with E-state index >= 15 is 0 Å². The van der Waals surface area contributed by atoms with E-state index in [4.69, 9.17) is 5.73 Å². The Bertz CT molecular complexity index is 571. The second-order valence-corrected chi connectivity index (χ2v) is 3.98. The van der Waals surface area contributed by atoms with Crippen LogP contribution in [0, 0.1) is 0 Å². The number of nitrogens with zero attached hydrogens (tertiary/aromatic N) is 5. The minimum absolute atomic E-state index is 0.262. The summed E-state index contributed by atoms with van der Waals surface area (Å²) in [4.78, 5) is 12.1. The molecule has 0 atom stereocenters. The molecule has 8 heteroatoms. The monoisotopic (exact) mass is 263 g/mol. The van der Waals surface area contributed by atoms with E-state index in [2.05, 4.69) is 20.6 Å². The van der Waals surface area contributed by atoms with E-state index < -0.39 is 0 Å². The number of rotatable bonds is 5. The summed E-state index contributed by atoms with van der Waals surface area (Å²) in [6.45, 7) is 5.54. The van der Waals surface area contributed by atoms with Crippen molar-refractivity contribution in [3.8, 4) is 0 Å². The summed E-state index contributed by atoms with van der Waals surface area (Å²) < 4.78 is 3.43. The van der Waals surface area contributed by atoms with Crippen molar-refractivity contribution in [3.63, 3.8) is 0 Å². The minimum Gasteiger partial charge on any atom is -0.396 e. The fraction of sp³-hybridized carbons (Fsp3) is 0.455. The van der Waals surface area contributed by atoms with E-state index in [1.165, 1.54) is 6.20 Å². The van der Waals surface area contributed by atoms with Crippen LogP contribution in [0.15, 0.2) is 12.5 Å². The number of amides is 1. The normalized spacial score (nSPS) is 10.6. The van der Waals surface area contributed by atoms with Gasteiger partial charge in [0.2, 0.25) is 0 Å². The lowest BCUT2D eigenvalue weighted by Crippen LogP contribution is -2.27. The molecule has 0 aromatic carbocycles. The number of nitrogens with one attached hydrogen (secondary N) is 1. The van der Waals surface area contributed by atoms with Crippen molar-refractivity contribution in [1.82, 2.24) is 29.9 Å². The summed E-state index contributed by atoms with van der Waals surface area (Å²) in [6, 6.07) is 0. The number of carbonyl (C=O) groups is 1. The number of aryl methyl sites for hydroxylation is 2. The molecule has 0 saturated heterocycles. The Hall–Kier alpha value is -2.38. The summed E-state index contributed by atoms with van der Waals surface area (Å²) >= 11 is 0. The Morgan fingerprint density at radius 3 is 2.89 bits per heavy atom. The third-order valence-electron chi connectivity index (χ3n) is 2.83. The molecular formula is C11H17N7O. The van der Waals surface area contributed by atoms with Crippen molar-refractivity contribution < 1.29 is 4.79 Å². The van der Waals surface area contributed by atoms with Crippen LogP contribution in [0.4, 0.5) is 5.69 Å². The second kappa shape index (κ2) is 5.51. The third kappa shape index (κ3) is 2.56. The lowest BCUT2D eigenvalue weighted by atomic mass is 10.3. The first-order valence-corrected chi connectivity index (χ1v) is 6.13. The smallest absolute Gasteiger partial charge is 0.272 e. The molecule has 2 heterocycles. The standard InChI is InChI=1S/C11H17N7O/c1-3-17-7-14-16-9(17)6-13-11(19)10-8(12)5-15-18(10)4-2/h5,7H,3-4,6,12H2,1-2H3,(H,13,19). The highest BCUT2D eigenvalue weighted by Gasteiger charge is 2.16. The molecule has 0 aliphatic rings. The number of nitrogen functional groups attached to an aromatic ring is 1. The molecule has 0 radical (unpaired) electrons. The first kappa shape index (κ1) is 13.1. The summed E-state index contributed by atoms with van der Waals surface area (Å²) in [6.07, 6.45) is 3.11. The molecule has 0 spiro atoms. The maximum absolute atomic E-state index is 12.1. The molecular weight excluding hydrogens is 246 g/mol. The summed E-state index contributed by atoms with van der Waals surface area (Å²) in [5, 5.41) is 14.6. The fourth-order valence-electron chi connectivity index (χ4n) is 1.81. The van der Waals surface area contributed by atoms with Gasteiger partial charge in [-0.05, 0) is 13.8 Å². The average molecular weight is 263 g/mol. The molecule has 0 aliphatic carbocycles. The van der Waals surface area contributed by atoms with Crippen molar-refractivity contribution in [1.29, 1.82) is 0 Å². The predicted octanol–water partition coefficient (Wildman–Crippen LogP) is 0.0266. The highest BCUT2D eigenvalue weighted by Crippen LogP contribution is 2.10. The number of anilines is 1. The Morgan fingerprint density at radius 2 is 2.21 bits per heavy atom. The van der Waals surface area contributed by atoms with Crippen molar-refractivity contribution in [3.05, 3.63) is 24.0 Å². The Labute approximate surface area is 110 Å². The van der Waals surface area contributed by atoms with Gasteiger partial charge in [0.25, 0.3) is 5.91 Å². The van der Waals surface area contributed by atoms with E-state index in [9.17, 15) is 4.79 Å². The van der Waals surface area contributed by atoms with Gasteiger partial charge in [-0.15, -0.1) is 10.2 Å². The highest BCUT2D eigenvalue weighted by atomic mass is 16.2. The molecule has 102 valence electrons. The van der Waals surface area contributed by atoms with Crippen molar-refractivity contribution >= 4 is 11.6 Å². The van der Waals surface area contributed by atoms with Gasteiger partial charge < -0.3 is 15.6 Å². The molecule has 0 unspecified atom stereocenters. The van der Waals surface area contributed by atoms with Gasteiger partial charge in [-0.25, -0.2) is 0 Å². The summed E-state index contributed by atoms with van der Waals surface area (Å²) in [5.41, 5.74) is 6.50. The van der Waals surface area contributed by atoms with E-state index in [1.54, 1.807) is 11.0 Å². The zero-order valence-electron chi connectivity index (χ0n) is 11.0. The van der Waals surface area contributed by atoms with Gasteiger partial charge in [-0.2, -0.15) is 5.10 Å². The summed E-state index contributed by atoms with van der Waals surface area (Å²) in [7, 11) is 0. The van der Waals surface area contributed by atoms with Crippen molar-refractivity contribution in [2.45, 2.75) is 33.5 Å². The largest absolute Gasteiger partial charge is 0.396 e. The molecule has 0 saturated carbocycles. The van der Waals surface area contributed by atoms with Crippen LogP contribution >= 0.6 is 0 Å². The molecule has 0 bridgehead atoms. The van der Waals surface area contributed by atoms with E-state index in [1.807, 2.05) is 18.4 Å². The van der Waals surface area contributed by atoms with Crippen LogP contribution in [-0.4, -0.2) is 30.5 Å². The molecule has 8 nitrogen and oxygen atoms in total. The number of hydrogen-bond acceptors (Lipinski definition) is 5. The third-order valence-corrected chi connectivity index (χ3v) is 2.83. The lowest BCUT2D eigenvalue weighted by molar-refractivity contribution is 0.0939. The van der Waals surface area contributed by atoms with Gasteiger partial charge in [0.1, 0.15) is 12.0 Å². The molecule has 19 heavy (non-hydrogen) atoms. The number of nitrogens with two attached hydrogens (primary N) is 1. The highest BCUT2D eigenvalue weighted by molar-refractivity contribution is 5.97. The summed E-state index contributed by atoms with van der Waals surface area (Å²) in [5.74, 6) is 0.444. The Kier molecular flexibility index (Phi) is 3.79. The molecule has 1 amide bonds. The predicted molar refractivity (Wildman–Crippen MR) is 69.2 cm³/mol. The SMILES string of the molecule is CCn1cnnc1CNC(=O)c1c(N)cnn1CC. The van der Waals surface area contributed by atoms with Crippen LogP contribution in [-0.2, 0) is 19.6 Å². The molecule has 3 N–H and O–H groups in total. The number of carbonyl (C=O) groups excluding carboxylic acids is 1. The van der Waals surface area contributed by atoms with Crippen LogP contribution < -0.4 is 11.1 Å². The first-order valence-electron chi connectivity index (χ1n) is 6.13. The fourth-order valence-corrected chi connectivity index (χ4v) is 1.81. The van der Waals surface area contributed by atoms with Gasteiger partial charge in [0.05, 0.1) is 18.4 Å². The van der Waals surface area contributed by atoms with Gasteiger partial charge in [-0.3, -0.25) is 9.48 Å². The van der Waals surface area contributed by atoms with Crippen molar-refractivity contribution in [2.24, 2.45) is 0 Å². The van der Waals surface area contributed by atoms with E-state index in [-0.39, 0.29) is 5.91 Å². The van der Waals surface area contributed by atoms with Crippen LogP contribution in [0.1, 0.15) is 30.2 Å². The van der Waals surface area contributed by atoms with Gasteiger partial charge in [-0.1, -0.05) is 0 Å². The first-order chi connectivity index (χ1) is 9.17. The quantitative estimate of drug-likeness (QED) is 0.791. The van der Waals surface area contributed by atoms with Gasteiger partial charge in [0, 0.05) is 13.1 Å². The average Bonchev–Trinajstić information content (AvgIpc) is 3.01. The minimum atomic E-state index is -0.262. The molecule has 2 aromatic rings. The Balaban J connectivity index is 2.07. The van der Waals surface area contributed by atoms with Crippen LogP contribution in [0.5, 0.6) is 0 Å². The van der Waals surface area contributed by atoms with Crippen LogP contribution in [0.2, 0.25) is 0 Å². The van der Waals surface area contributed by atoms with E-state index in [0.29, 0.717) is 30.3 Å². The number of hydrogen-bond donors (Lipinski definition) is 2. The van der Waals surface area contributed by atoms with Crippen LogP contribution in [0.3, 0.4) is 0 Å². The van der Waals surface area contributed by atoms with Gasteiger partial charge in [0.15, 0.2) is 5.82 Å². The molecule has 0 aliphatic heterocycles. The topological polar surface area (TPSA) is 104 Å². The Morgan fingerprint density at radius 1 is 1.42 bits per heavy atom. The lowest BCUT2D eigenvalue weighted by Gasteiger charge is -2.08.